The number of aryl methyl sites for hydroxylation is 1. The van der Waals surface area contributed by atoms with E-state index in [4.69, 9.17) is 5.26 Å². The summed E-state index contributed by atoms with van der Waals surface area (Å²) in [4.78, 5) is 28.0. The van der Waals surface area contributed by atoms with Crippen molar-refractivity contribution in [1.29, 1.82) is 5.26 Å². The lowest BCUT2D eigenvalue weighted by Crippen LogP contribution is -2.31. The summed E-state index contributed by atoms with van der Waals surface area (Å²) in [6, 6.07) is 3.46. The van der Waals surface area contributed by atoms with Crippen LogP contribution in [0.2, 0.25) is 0 Å². The fourth-order valence-electron chi connectivity index (χ4n) is 1.91. The van der Waals surface area contributed by atoms with Crippen LogP contribution in [0.25, 0.3) is 0 Å². The number of thiazole rings is 1. The maximum Gasteiger partial charge on any atom is 0.421 e. The zero-order chi connectivity index (χ0) is 17.2. The Kier molecular flexibility index (Phi) is 4.65. The molecule has 1 atom stereocenters. The van der Waals surface area contributed by atoms with Crippen LogP contribution in [0.3, 0.4) is 0 Å². The average Bonchev–Trinajstić information content (AvgIpc) is 2.87. The highest BCUT2D eigenvalue weighted by molar-refractivity contribution is 7.09. The number of nitriles is 1. The average molecular weight is 341 g/mol. The number of carbonyl (C=O) groups is 1. The quantitative estimate of drug-likeness (QED) is 0.856. The van der Waals surface area contributed by atoms with E-state index in [9.17, 15) is 22.8 Å². The molecule has 0 aliphatic heterocycles. The molecule has 5 nitrogen and oxygen atoms in total. The number of hydrogen-bond donors (Lipinski definition) is 0. The summed E-state index contributed by atoms with van der Waals surface area (Å²) in [5.74, 6) is -1.90. The highest BCUT2D eigenvalue weighted by Gasteiger charge is 2.34. The second-order valence-corrected chi connectivity index (χ2v) is 5.60. The van der Waals surface area contributed by atoms with Gasteiger partial charge in [0.2, 0.25) is 0 Å². The summed E-state index contributed by atoms with van der Waals surface area (Å²) in [6.45, 7) is 1.07. The fourth-order valence-corrected chi connectivity index (χ4v) is 2.77. The van der Waals surface area contributed by atoms with Crippen LogP contribution in [0.15, 0.2) is 28.5 Å². The highest BCUT2D eigenvalue weighted by Crippen LogP contribution is 2.26. The Bertz CT molecular complexity index is 833. The molecule has 120 valence electrons. The summed E-state index contributed by atoms with van der Waals surface area (Å²) in [5, 5.41) is 11.0. The van der Waals surface area contributed by atoms with Gasteiger partial charge in [0.25, 0.3) is 5.56 Å². The first-order valence-corrected chi connectivity index (χ1v) is 7.23. The van der Waals surface area contributed by atoms with Gasteiger partial charge >= 0.3 is 6.18 Å². The first-order valence-electron chi connectivity index (χ1n) is 6.35. The smallest absolute Gasteiger partial charge is 0.308 e. The lowest BCUT2D eigenvalue weighted by Gasteiger charge is -2.11. The topological polar surface area (TPSA) is 75.8 Å². The number of hydrogen-bond acceptors (Lipinski definition) is 5. The molecule has 9 heteroatoms. The molecule has 0 bridgehead atoms. The van der Waals surface area contributed by atoms with Crippen molar-refractivity contribution in [2.45, 2.75) is 25.6 Å². The minimum Gasteiger partial charge on any atom is -0.308 e. The third kappa shape index (κ3) is 3.65. The van der Waals surface area contributed by atoms with E-state index in [2.05, 4.69) is 4.98 Å². The van der Waals surface area contributed by atoms with Crippen LogP contribution in [0.1, 0.15) is 22.2 Å². The van der Waals surface area contributed by atoms with E-state index in [-0.39, 0.29) is 5.01 Å². The minimum atomic E-state index is -4.80. The van der Waals surface area contributed by atoms with Crippen molar-refractivity contribution in [3.05, 3.63) is 50.3 Å². The lowest BCUT2D eigenvalue weighted by molar-refractivity contribution is -0.139. The van der Waals surface area contributed by atoms with Gasteiger partial charge in [-0.3, -0.25) is 9.59 Å². The highest BCUT2D eigenvalue weighted by atomic mass is 32.1. The van der Waals surface area contributed by atoms with Gasteiger partial charge in [-0.25, -0.2) is 4.98 Å². The van der Waals surface area contributed by atoms with E-state index >= 15 is 0 Å². The fraction of sp³-hybridized carbons (Fsp3) is 0.286. The van der Waals surface area contributed by atoms with Crippen LogP contribution in [-0.4, -0.2) is 15.3 Å². The zero-order valence-electron chi connectivity index (χ0n) is 11.8. The van der Waals surface area contributed by atoms with Crippen LogP contribution < -0.4 is 5.56 Å². The van der Waals surface area contributed by atoms with Crippen molar-refractivity contribution in [3.63, 3.8) is 0 Å². The van der Waals surface area contributed by atoms with Crippen molar-refractivity contribution in [2.75, 3.05) is 0 Å². The number of ketones is 1. The van der Waals surface area contributed by atoms with Gasteiger partial charge in [0.1, 0.15) is 10.6 Å². The number of rotatable bonds is 4. The summed E-state index contributed by atoms with van der Waals surface area (Å²) >= 11 is 1.11. The van der Waals surface area contributed by atoms with Crippen molar-refractivity contribution in [3.8, 4) is 6.07 Å². The molecule has 0 fully saturated rings. The number of halogens is 3. The lowest BCUT2D eigenvalue weighted by atomic mass is 10.1. The molecule has 2 heterocycles. The number of carbonyl (C=O) groups excluding carboxylic acids is 1. The Balaban J connectivity index is 2.30. The van der Waals surface area contributed by atoms with Gasteiger partial charge in [0, 0.05) is 17.3 Å². The first-order chi connectivity index (χ1) is 10.7. The number of aromatic nitrogens is 2. The molecular weight excluding hydrogens is 331 g/mol. The van der Waals surface area contributed by atoms with Gasteiger partial charge in [-0.1, -0.05) is 0 Å². The third-order valence-electron chi connectivity index (χ3n) is 2.99. The third-order valence-corrected chi connectivity index (χ3v) is 4.01. The number of alkyl halides is 3. The van der Waals surface area contributed by atoms with Gasteiger partial charge in [0.05, 0.1) is 12.6 Å². The zero-order valence-corrected chi connectivity index (χ0v) is 12.6. The van der Waals surface area contributed by atoms with Crippen LogP contribution in [0.5, 0.6) is 0 Å². The Hall–Kier alpha value is -2.47. The summed E-state index contributed by atoms with van der Waals surface area (Å²) in [7, 11) is 0. The summed E-state index contributed by atoms with van der Waals surface area (Å²) in [5.41, 5.74) is -2.04. The van der Waals surface area contributed by atoms with Gasteiger partial charge < -0.3 is 4.57 Å². The molecule has 0 saturated heterocycles. The molecule has 0 N–H and O–H groups in total. The molecule has 0 saturated carbocycles. The summed E-state index contributed by atoms with van der Waals surface area (Å²) in [6.07, 6.45) is -3.72. The normalized spacial score (nSPS) is 12.7. The van der Waals surface area contributed by atoms with Gasteiger partial charge in [-0.2, -0.15) is 18.4 Å². The molecule has 0 aliphatic rings. The molecule has 23 heavy (non-hydrogen) atoms. The van der Waals surface area contributed by atoms with Crippen molar-refractivity contribution >= 4 is 17.1 Å². The molecule has 2 aromatic heterocycles. The largest absolute Gasteiger partial charge is 0.421 e. The first kappa shape index (κ1) is 16.9. The maximum absolute atomic E-state index is 12.7. The van der Waals surface area contributed by atoms with Crippen LogP contribution >= 0.6 is 11.3 Å². The molecule has 0 spiro atoms. The van der Waals surface area contributed by atoms with Crippen LogP contribution in [0, 0.1) is 18.3 Å². The molecule has 1 unspecified atom stereocenters. The Morgan fingerprint density at radius 2 is 2.22 bits per heavy atom. The van der Waals surface area contributed by atoms with E-state index in [1.54, 1.807) is 18.4 Å². The van der Waals surface area contributed by atoms with Crippen LogP contribution in [0.4, 0.5) is 13.2 Å². The van der Waals surface area contributed by atoms with Crippen molar-refractivity contribution in [2.24, 2.45) is 0 Å². The molecule has 0 amide bonds. The van der Waals surface area contributed by atoms with Crippen molar-refractivity contribution < 1.29 is 18.0 Å². The second-order valence-electron chi connectivity index (χ2n) is 4.71. The maximum atomic E-state index is 12.7. The minimum absolute atomic E-state index is 0.259. The van der Waals surface area contributed by atoms with E-state index in [1.807, 2.05) is 0 Å². The van der Waals surface area contributed by atoms with Gasteiger partial charge in [-0.15, -0.1) is 11.3 Å². The van der Waals surface area contributed by atoms with E-state index < -0.39 is 35.5 Å². The molecule has 2 aromatic rings. The van der Waals surface area contributed by atoms with E-state index in [1.165, 1.54) is 0 Å². The molecule has 2 rings (SSSR count). The molecule has 0 aromatic carbocycles. The SMILES string of the molecule is Cc1csc(C(C#N)C(=O)Cn2cccc(C(F)(F)F)c2=O)n1. The van der Waals surface area contributed by atoms with E-state index in [0.29, 0.717) is 16.3 Å². The Labute approximate surface area is 132 Å². The number of nitrogens with zero attached hydrogens (tertiary/aromatic N) is 3. The molecule has 0 aliphatic carbocycles. The summed E-state index contributed by atoms with van der Waals surface area (Å²) < 4.78 is 38.7. The standard InChI is InChI=1S/C14H10F3N3O2S/c1-8-7-23-12(19-8)9(5-18)11(21)6-20-4-2-3-10(13(20)22)14(15,16)17/h2-4,7,9H,6H2,1H3. The molecule has 0 radical (unpaired) electrons. The van der Waals surface area contributed by atoms with Gasteiger partial charge in [0.15, 0.2) is 11.7 Å². The predicted octanol–water partition coefficient (Wildman–Crippen LogP) is 2.51. The Morgan fingerprint density at radius 1 is 1.52 bits per heavy atom. The van der Waals surface area contributed by atoms with Crippen LogP contribution in [-0.2, 0) is 17.5 Å². The predicted molar refractivity (Wildman–Crippen MR) is 75.9 cm³/mol. The number of Topliss-reactive ketones (excluding diaryl/α,β-unsaturated/α-hetero) is 1. The second kappa shape index (κ2) is 6.34. The van der Waals surface area contributed by atoms with E-state index in [0.717, 1.165) is 23.6 Å². The Morgan fingerprint density at radius 3 is 2.74 bits per heavy atom. The monoisotopic (exact) mass is 341 g/mol. The van der Waals surface area contributed by atoms with Gasteiger partial charge in [-0.05, 0) is 19.1 Å². The number of pyridine rings is 1. The van der Waals surface area contributed by atoms with Crippen molar-refractivity contribution in [1.82, 2.24) is 9.55 Å². The molecular formula is C14H10F3N3O2S.